The van der Waals surface area contributed by atoms with Gasteiger partial charge < -0.3 is 10.1 Å². The number of hydrogen-bond donors (Lipinski definition) is 1. The van der Waals surface area contributed by atoms with Crippen LogP contribution < -0.4 is 10.2 Å². The van der Waals surface area contributed by atoms with Crippen LogP contribution in [0.1, 0.15) is 5.56 Å². The zero-order valence-corrected chi connectivity index (χ0v) is 13.5. The molecular weight excluding hydrogens is 346 g/mol. The molecule has 5 nitrogen and oxygen atoms in total. The molecule has 1 saturated heterocycles. The van der Waals surface area contributed by atoms with E-state index in [0.717, 1.165) is 10.0 Å². The summed E-state index contributed by atoms with van der Waals surface area (Å²) in [7, 11) is 0. The number of nitrogens with zero attached hydrogens (tertiary/aromatic N) is 2. The highest BCUT2D eigenvalue weighted by atomic mass is 79.9. The molecule has 1 atom stereocenters. The molecule has 1 fully saturated rings. The van der Waals surface area contributed by atoms with Crippen LogP contribution in [0.2, 0.25) is 0 Å². The molecule has 1 N–H and O–H groups in total. The van der Waals surface area contributed by atoms with Gasteiger partial charge in [0, 0.05) is 10.7 Å². The van der Waals surface area contributed by atoms with Gasteiger partial charge in [0.2, 0.25) is 0 Å². The highest BCUT2D eigenvalue weighted by Crippen LogP contribution is 2.18. The Kier molecular flexibility index (Phi) is 4.70. The summed E-state index contributed by atoms with van der Waals surface area (Å²) < 4.78 is 6.57. The van der Waals surface area contributed by atoms with E-state index in [1.54, 1.807) is 11.1 Å². The summed E-state index contributed by atoms with van der Waals surface area (Å²) in [6.45, 7) is 1.58. The summed E-state index contributed by atoms with van der Waals surface area (Å²) >= 11 is 3.34. The molecule has 0 radical (unpaired) electrons. The van der Waals surface area contributed by atoms with Crippen molar-refractivity contribution in [2.45, 2.75) is 12.6 Å². The van der Waals surface area contributed by atoms with Gasteiger partial charge in [-0.25, -0.2) is 9.78 Å². The van der Waals surface area contributed by atoms with E-state index >= 15 is 0 Å². The van der Waals surface area contributed by atoms with Crippen LogP contribution in [0.25, 0.3) is 0 Å². The lowest BCUT2D eigenvalue weighted by Gasteiger charge is -2.13. The van der Waals surface area contributed by atoms with Gasteiger partial charge in [-0.15, -0.1) is 0 Å². The van der Waals surface area contributed by atoms with E-state index in [1.165, 1.54) is 0 Å². The second kappa shape index (κ2) is 6.89. The van der Waals surface area contributed by atoms with Gasteiger partial charge in [0.15, 0.2) is 0 Å². The molecule has 1 aliphatic heterocycles. The molecule has 2 amide bonds. The molecule has 114 valence electrons. The number of hydrogen-bond acceptors (Lipinski definition) is 3. The Bertz CT molecular complexity index is 634. The maximum atomic E-state index is 12.0. The van der Waals surface area contributed by atoms with Crippen LogP contribution in [0.4, 0.5) is 10.6 Å². The van der Waals surface area contributed by atoms with Gasteiger partial charge in [0.1, 0.15) is 5.82 Å². The first-order chi connectivity index (χ1) is 10.7. The fourth-order valence-electron chi connectivity index (χ4n) is 2.31. The molecule has 0 aliphatic carbocycles. The number of amides is 2. The van der Waals surface area contributed by atoms with E-state index < -0.39 is 0 Å². The van der Waals surface area contributed by atoms with Crippen LogP contribution >= 0.6 is 15.9 Å². The third kappa shape index (κ3) is 3.64. The highest BCUT2D eigenvalue weighted by Gasteiger charge is 2.30. The predicted molar refractivity (Wildman–Crippen MR) is 87.7 cm³/mol. The number of urea groups is 1. The van der Waals surface area contributed by atoms with Crippen LogP contribution in [0.5, 0.6) is 0 Å². The SMILES string of the molecule is O=C1N[C@H](COCc2ccccc2)CN1c1ccc(Br)cn1. The summed E-state index contributed by atoms with van der Waals surface area (Å²) in [5.41, 5.74) is 1.12. The van der Waals surface area contributed by atoms with Crippen LogP contribution in [0, 0.1) is 0 Å². The maximum Gasteiger partial charge on any atom is 0.323 e. The van der Waals surface area contributed by atoms with E-state index in [9.17, 15) is 4.79 Å². The maximum absolute atomic E-state index is 12.0. The van der Waals surface area contributed by atoms with Gasteiger partial charge in [-0.3, -0.25) is 4.90 Å². The molecule has 2 aromatic rings. The van der Waals surface area contributed by atoms with Gasteiger partial charge in [-0.05, 0) is 33.6 Å². The number of benzene rings is 1. The van der Waals surface area contributed by atoms with Crippen molar-refractivity contribution in [1.82, 2.24) is 10.3 Å². The van der Waals surface area contributed by atoms with Crippen molar-refractivity contribution in [2.75, 3.05) is 18.1 Å². The molecule has 22 heavy (non-hydrogen) atoms. The predicted octanol–water partition coefficient (Wildman–Crippen LogP) is 2.96. The van der Waals surface area contributed by atoms with Crippen molar-refractivity contribution in [3.8, 4) is 0 Å². The monoisotopic (exact) mass is 361 g/mol. The number of ether oxygens (including phenoxy) is 1. The van der Waals surface area contributed by atoms with Crippen molar-refractivity contribution in [1.29, 1.82) is 0 Å². The lowest BCUT2D eigenvalue weighted by atomic mass is 10.2. The summed E-state index contributed by atoms with van der Waals surface area (Å²) in [4.78, 5) is 17.9. The summed E-state index contributed by atoms with van der Waals surface area (Å²) in [6, 6.07) is 13.5. The number of aromatic nitrogens is 1. The van der Waals surface area contributed by atoms with Gasteiger partial charge >= 0.3 is 6.03 Å². The molecule has 1 aliphatic rings. The van der Waals surface area contributed by atoms with Gasteiger partial charge in [-0.1, -0.05) is 30.3 Å². The quantitative estimate of drug-likeness (QED) is 0.890. The molecule has 2 heterocycles. The Labute approximate surface area is 137 Å². The number of nitrogens with one attached hydrogen (secondary N) is 1. The zero-order valence-electron chi connectivity index (χ0n) is 11.9. The summed E-state index contributed by atoms with van der Waals surface area (Å²) in [5.74, 6) is 0.645. The number of halogens is 1. The number of anilines is 1. The molecule has 0 spiro atoms. The zero-order chi connectivity index (χ0) is 15.4. The summed E-state index contributed by atoms with van der Waals surface area (Å²) in [5, 5.41) is 2.91. The molecule has 3 rings (SSSR count). The lowest BCUT2D eigenvalue weighted by molar-refractivity contribution is 0.107. The Morgan fingerprint density at radius 2 is 2.09 bits per heavy atom. The second-order valence-corrected chi connectivity index (χ2v) is 6.01. The van der Waals surface area contributed by atoms with Gasteiger partial charge in [0.25, 0.3) is 0 Å². The van der Waals surface area contributed by atoms with Crippen molar-refractivity contribution in [3.05, 3.63) is 58.7 Å². The molecular formula is C16H16BrN3O2. The smallest absolute Gasteiger partial charge is 0.323 e. The molecule has 1 aromatic heterocycles. The lowest BCUT2D eigenvalue weighted by Crippen LogP contribution is -2.31. The van der Waals surface area contributed by atoms with Crippen LogP contribution in [0.3, 0.4) is 0 Å². The van der Waals surface area contributed by atoms with E-state index in [2.05, 4.69) is 26.2 Å². The van der Waals surface area contributed by atoms with Crippen molar-refractivity contribution < 1.29 is 9.53 Å². The molecule has 0 bridgehead atoms. The Morgan fingerprint density at radius 3 is 2.82 bits per heavy atom. The average molecular weight is 362 g/mol. The normalized spacial score (nSPS) is 17.6. The van der Waals surface area contributed by atoms with E-state index in [1.807, 2.05) is 42.5 Å². The number of carbonyl (C=O) groups excluding carboxylic acids is 1. The molecule has 0 unspecified atom stereocenters. The van der Waals surface area contributed by atoms with E-state index in [4.69, 9.17) is 4.74 Å². The van der Waals surface area contributed by atoms with Crippen molar-refractivity contribution >= 4 is 27.8 Å². The average Bonchev–Trinajstić information content (AvgIpc) is 2.90. The minimum Gasteiger partial charge on any atom is -0.375 e. The first-order valence-corrected chi connectivity index (χ1v) is 7.83. The minimum atomic E-state index is -0.136. The van der Waals surface area contributed by atoms with Crippen molar-refractivity contribution in [3.63, 3.8) is 0 Å². The Morgan fingerprint density at radius 1 is 1.27 bits per heavy atom. The fourth-order valence-corrected chi connectivity index (χ4v) is 2.55. The van der Waals surface area contributed by atoms with E-state index in [0.29, 0.717) is 25.6 Å². The number of rotatable bonds is 5. The van der Waals surface area contributed by atoms with Gasteiger partial charge in [0.05, 0.1) is 25.8 Å². The fraction of sp³-hybridized carbons (Fsp3) is 0.250. The topological polar surface area (TPSA) is 54.5 Å². The number of pyridine rings is 1. The van der Waals surface area contributed by atoms with Crippen molar-refractivity contribution in [2.24, 2.45) is 0 Å². The largest absolute Gasteiger partial charge is 0.375 e. The second-order valence-electron chi connectivity index (χ2n) is 5.09. The van der Waals surface area contributed by atoms with Gasteiger partial charge in [-0.2, -0.15) is 0 Å². The standard InChI is InChI=1S/C16H16BrN3O2/c17-13-6-7-15(18-8-13)20-9-14(19-16(20)21)11-22-10-12-4-2-1-3-5-12/h1-8,14H,9-11H2,(H,19,21)/t14-/m0/s1. The van der Waals surface area contributed by atoms with Crippen LogP contribution in [0.15, 0.2) is 53.1 Å². The van der Waals surface area contributed by atoms with E-state index in [-0.39, 0.29) is 12.1 Å². The van der Waals surface area contributed by atoms with Crippen LogP contribution in [-0.2, 0) is 11.3 Å². The third-order valence-corrected chi connectivity index (χ3v) is 3.86. The molecule has 6 heteroatoms. The third-order valence-electron chi connectivity index (χ3n) is 3.39. The highest BCUT2D eigenvalue weighted by molar-refractivity contribution is 9.10. The first-order valence-electron chi connectivity index (χ1n) is 7.03. The van der Waals surface area contributed by atoms with Crippen LogP contribution in [-0.4, -0.2) is 30.2 Å². The first kappa shape index (κ1) is 15.0. The number of carbonyl (C=O) groups is 1. The Hall–Kier alpha value is -1.92. The minimum absolute atomic E-state index is 0.0262. The molecule has 1 aromatic carbocycles. The molecule has 0 saturated carbocycles. The summed E-state index contributed by atoms with van der Waals surface area (Å²) in [6.07, 6.45) is 1.68. The Balaban J connectivity index is 1.52.